The van der Waals surface area contributed by atoms with Gasteiger partial charge in [0.2, 0.25) is 0 Å². The van der Waals surface area contributed by atoms with Gasteiger partial charge in [-0.15, -0.1) is 22.7 Å². The molecular weight excluding hydrogens is 434 g/mol. The summed E-state index contributed by atoms with van der Waals surface area (Å²) in [6.45, 7) is 3.84. The number of carbonyl (C=O) groups is 3. The van der Waals surface area contributed by atoms with Crippen molar-refractivity contribution in [2.24, 2.45) is 5.92 Å². The van der Waals surface area contributed by atoms with Crippen molar-refractivity contribution in [3.8, 4) is 0 Å². The van der Waals surface area contributed by atoms with Gasteiger partial charge in [-0.25, -0.2) is 9.59 Å². The van der Waals surface area contributed by atoms with E-state index in [0.29, 0.717) is 21.4 Å². The number of thiophene rings is 2. The molecule has 2 aliphatic carbocycles. The fourth-order valence-corrected chi connectivity index (χ4v) is 6.78. The van der Waals surface area contributed by atoms with Gasteiger partial charge in [-0.2, -0.15) is 0 Å². The predicted octanol–water partition coefficient (Wildman–Crippen LogP) is 4.79. The van der Waals surface area contributed by atoms with Crippen molar-refractivity contribution in [3.05, 3.63) is 37.4 Å². The highest BCUT2D eigenvalue weighted by Gasteiger charge is 2.29. The summed E-state index contributed by atoms with van der Waals surface area (Å²) >= 11 is 2.89. The Morgan fingerprint density at radius 3 is 2.65 bits per heavy atom. The fraction of sp³-hybridized carbons (Fsp3) is 0.522. The van der Waals surface area contributed by atoms with Gasteiger partial charge in [0.05, 0.1) is 12.2 Å². The third-order valence-electron chi connectivity index (χ3n) is 5.78. The van der Waals surface area contributed by atoms with Crippen molar-refractivity contribution in [2.75, 3.05) is 18.5 Å². The van der Waals surface area contributed by atoms with E-state index >= 15 is 0 Å². The number of hydrogen-bond donors (Lipinski definition) is 1. The maximum absolute atomic E-state index is 12.6. The highest BCUT2D eigenvalue weighted by atomic mass is 32.1. The summed E-state index contributed by atoms with van der Waals surface area (Å²) in [7, 11) is 0. The van der Waals surface area contributed by atoms with Crippen LogP contribution in [0.3, 0.4) is 0 Å². The number of esters is 2. The highest BCUT2D eigenvalue weighted by molar-refractivity contribution is 7.17. The zero-order chi connectivity index (χ0) is 22.0. The molecule has 31 heavy (non-hydrogen) atoms. The molecule has 0 spiro atoms. The van der Waals surface area contributed by atoms with Crippen molar-refractivity contribution in [3.63, 3.8) is 0 Å². The SMILES string of the molecule is CCOC(=O)c1c(NC(=O)COC(=O)c2cc3c(s2)CCCC3)sc2c1CCC(C)C2. The first-order chi connectivity index (χ1) is 15.0. The van der Waals surface area contributed by atoms with Crippen molar-refractivity contribution >= 4 is 45.5 Å². The molecule has 0 aliphatic heterocycles. The van der Waals surface area contributed by atoms with E-state index in [9.17, 15) is 14.4 Å². The van der Waals surface area contributed by atoms with Crippen LogP contribution >= 0.6 is 22.7 Å². The predicted molar refractivity (Wildman–Crippen MR) is 121 cm³/mol. The van der Waals surface area contributed by atoms with E-state index in [1.165, 1.54) is 33.1 Å². The quantitative estimate of drug-likeness (QED) is 0.626. The van der Waals surface area contributed by atoms with Gasteiger partial charge in [0.1, 0.15) is 9.88 Å². The monoisotopic (exact) mass is 461 g/mol. The van der Waals surface area contributed by atoms with E-state index in [4.69, 9.17) is 9.47 Å². The van der Waals surface area contributed by atoms with Gasteiger partial charge in [-0.05, 0) is 75.0 Å². The van der Waals surface area contributed by atoms with Crippen LogP contribution in [-0.4, -0.2) is 31.1 Å². The van der Waals surface area contributed by atoms with Gasteiger partial charge < -0.3 is 14.8 Å². The van der Waals surface area contributed by atoms with Gasteiger partial charge in [-0.3, -0.25) is 4.79 Å². The molecule has 1 unspecified atom stereocenters. The molecule has 2 aromatic rings. The highest BCUT2D eigenvalue weighted by Crippen LogP contribution is 2.40. The normalized spacial score (nSPS) is 17.4. The molecule has 2 heterocycles. The second kappa shape index (κ2) is 9.53. The van der Waals surface area contributed by atoms with Crippen molar-refractivity contribution < 1.29 is 23.9 Å². The number of anilines is 1. The lowest BCUT2D eigenvalue weighted by Crippen LogP contribution is -2.21. The van der Waals surface area contributed by atoms with Crippen LogP contribution in [0, 0.1) is 5.92 Å². The molecule has 0 saturated carbocycles. The minimum Gasteiger partial charge on any atom is -0.462 e. The average molecular weight is 462 g/mol. The van der Waals surface area contributed by atoms with Crippen LogP contribution in [0.15, 0.2) is 6.07 Å². The summed E-state index contributed by atoms with van der Waals surface area (Å²) in [6, 6.07) is 1.90. The van der Waals surface area contributed by atoms with Crippen LogP contribution in [0.1, 0.15) is 74.0 Å². The Labute approximate surface area is 189 Å². The van der Waals surface area contributed by atoms with Gasteiger partial charge in [0, 0.05) is 9.75 Å². The van der Waals surface area contributed by atoms with E-state index in [-0.39, 0.29) is 13.2 Å². The second-order valence-electron chi connectivity index (χ2n) is 8.17. The minimum absolute atomic E-state index is 0.273. The first-order valence-corrected chi connectivity index (χ1v) is 12.5. The standard InChI is InChI=1S/C23H27NO5S2/c1-3-28-23(27)20-15-9-8-13(2)10-17(15)31-21(20)24-19(25)12-29-22(26)18-11-14-6-4-5-7-16(14)30-18/h11,13H,3-10,12H2,1-2H3,(H,24,25). The zero-order valence-corrected chi connectivity index (χ0v) is 19.5. The molecule has 1 atom stereocenters. The molecule has 2 aromatic heterocycles. The second-order valence-corrected chi connectivity index (χ2v) is 10.4. The smallest absolute Gasteiger partial charge is 0.348 e. The van der Waals surface area contributed by atoms with Gasteiger partial charge in [0.15, 0.2) is 6.61 Å². The van der Waals surface area contributed by atoms with Crippen LogP contribution < -0.4 is 5.32 Å². The van der Waals surface area contributed by atoms with Crippen LogP contribution in [0.4, 0.5) is 5.00 Å². The Bertz CT molecular complexity index is 983. The molecular formula is C23H27NO5S2. The number of aryl methyl sites for hydroxylation is 2. The average Bonchev–Trinajstić information content (AvgIpc) is 3.33. The van der Waals surface area contributed by atoms with E-state index in [2.05, 4.69) is 12.2 Å². The van der Waals surface area contributed by atoms with Crippen LogP contribution in [0.25, 0.3) is 0 Å². The first-order valence-electron chi connectivity index (χ1n) is 10.9. The molecule has 0 bridgehead atoms. The summed E-state index contributed by atoms with van der Waals surface area (Å²) in [5, 5.41) is 3.27. The summed E-state index contributed by atoms with van der Waals surface area (Å²) in [5.74, 6) is -0.792. The fourth-order valence-electron chi connectivity index (χ4n) is 4.21. The third kappa shape index (κ3) is 4.85. The molecule has 1 amide bonds. The number of nitrogens with one attached hydrogen (secondary N) is 1. The Kier molecular flexibility index (Phi) is 6.77. The number of fused-ring (bicyclic) bond motifs is 2. The van der Waals surface area contributed by atoms with E-state index in [1.807, 2.05) is 6.07 Å². The van der Waals surface area contributed by atoms with Crippen LogP contribution in [0.2, 0.25) is 0 Å². The summed E-state index contributed by atoms with van der Waals surface area (Å²) in [4.78, 5) is 40.4. The summed E-state index contributed by atoms with van der Waals surface area (Å²) in [6.07, 6.45) is 7.00. The lowest BCUT2D eigenvalue weighted by Gasteiger charge is -2.18. The van der Waals surface area contributed by atoms with Gasteiger partial charge >= 0.3 is 11.9 Å². The number of carbonyl (C=O) groups excluding carboxylic acids is 3. The number of rotatable bonds is 6. The molecule has 0 saturated heterocycles. The lowest BCUT2D eigenvalue weighted by atomic mass is 9.88. The number of amides is 1. The molecule has 0 aromatic carbocycles. The Morgan fingerprint density at radius 1 is 1.06 bits per heavy atom. The van der Waals surface area contributed by atoms with E-state index in [0.717, 1.165) is 55.4 Å². The number of ether oxygens (including phenoxy) is 2. The Balaban J connectivity index is 1.42. The number of hydrogen-bond acceptors (Lipinski definition) is 7. The Morgan fingerprint density at radius 2 is 1.87 bits per heavy atom. The minimum atomic E-state index is -0.473. The molecule has 166 valence electrons. The zero-order valence-electron chi connectivity index (χ0n) is 17.9. The van der Waals surface area contributed by atoms with Crippen molar-refractivity contribution in [1.29, 1.82) is 0 Å². The first kappa shape index (κ1) is 22.0. The molecule has 0 fully saturated rings. The van der Waals surface area contributed by atoms with Gasteiger partial charge in [-0.1, -0.05) is 6.92 Å². The maximum Gasteiger partial charge on any atom is 0.348 e. The summed E-state index contributed by atoms with van der Waals surface area (Å²) < 4.78 is 10.5. The van der Waals surface area contributed by atoms with Crippen LogP contribution in [0.5, 0.6) is 0 Å². The van der Waals surface area contributed by atoms with Crippen molar-refractivity contribution in [1.82, 2.24) is 0 Å². The molecule has 6 nitrogen and oxygen atoms in total. The van der Waals surface area contributed by atoms with Gasteiger partial charge in [0.25, 0.3) is 5.91 Å². The lowest BCUT2D eigenvalue weighted by molar-refractivity contribution is -0.119. The topological polar surface area (TPSA) is 81.7 Å². The van der Waals surface area contributed by atoms with E-state index in [1.54, 1.807) is 6.92 Å². The van der Waals surface area contributed by atoms with E-state index < -0.39 is 17.8 Å². The molecule has 1 N–H and O–H groups in total. The molecule has 4 rings (SSSR count). The largest absolute Gasteiger partial charge is 0.462 e. The van der Waals surface area contributed by atoms with Crippen molar-refractivity contribution in [2.45, 2.75) is 58.8 Å². The molecule has 2 aliphatic rings. The van der Waals surface area contributed by atoms with Crippen LogP contribution in [-0.2, 0) is 40.0 Å². The molecule has 8 heteroatoms. The maximum atomic E-state index is 12.6. The molecule has 0 radical (unpaired) electrons. The Hall–Kier alpha value is -2.19. The summed E-state index contributed by atoms with van der Waals surface area (Å²) in [5.41, 5.74) is 2.67. The third-order valence-corrected chi connectivity index (χ3v) is 8.16.